The van der Waals surface area contributed by atoms with Gasteiger partial charge in [0.05, 0.1) is 12.2 Å². The van der Waals surface area contributed by atoms with E-state index >= 15 is 0 Å². The van der Waals surface area contributed by atoms with Crippen molar-refractivity contribution in [3.63, 3.8) is 0 Å². The van der Waals surface area contributed by atoms with E-state index in [9.17, 15) is 4.79 Å². The Bertz CT molecular complexity index is 498. The molecule has 1 saturated carbocycles. The molecule has 1 aliphatic rings. The van der Waals surface area contributed by atoms with Crippen molar-refractivity contribution < 1.29 is 4.79 Å². The van der Waals surface area contributed by atoms with Gasteiger partial charge in [-0.3, -0.25) is 9.69 Å². The molecule has 1 fully saturated rings. The lowest BCUT2D eigenvalue weighted by molar-refractivity contribution is -0.117. The molecule has 0 heterocycles. The number of hydrogen-bond acceptors (Lipinski definition) is 3. The van der Waals surface area contributed by atoms with E-state index < -0.39 is 0 Å². The van der Waals surface area contributed by atoms with Crippen molar-refractivity contribution in [2.24, 2.45) is 5.92 Å². The predicted octanol–water partition coefficient (Wildman–Crippen LogP) is 3.48. The summed E-state index contributed by atoms with van der Waals surface area (Å²) in [6, 6.07) is 5.93. The van der Waals surface area contributed by atoms with Gasteiger partial charge in [0.25, 0.3) is 0 Å². The van der Waals surface area contributed by atoms with Crippen molar-refractivity contribution in [2.45, 2.75) is 38.6 Å². The first kappa shape index (κ1) is 16.3. The number of amides is 1. The lowest BCUT2D eigenvalue weighted by Crippen LogP contribution is -2.39. The van der Waals surface area contributed by atoms with Crippen LogP contribution in [-0.4, -0.2) is 30.4 Å². The molecule has 0 aromatic heterocycles. The van der Waals surface area contributed by atoms with Gasteiger partial charge < -0.3 is 11.1 Å². The molecule has 0 atom stereocenters. The summed E-state index contributed by atoms with van der Waals surface area (Å²) in [5.74, 6) is 0.843. The monoisotopic (exact) mass is 353 g/mol. The highest BCUT2D eigenvalue weighted by molar-refractivity contribution is 9.10. The Balaban J connectivity index is 1.86. The number of rotatable bonds is 4. The Hall–Kier alpha value is -1.07. The molecule has 0 saturated heterocycles. The van der Waals surface area contributed by atoms with Crippen molar-refractivity contribution >= 4 is 33.2 Å². The maximum atomic E-state index is 12.2. The van der Waals surface area contributed by atoms with Crippen LogP contribution in [0.1, 0.15) is 32.6 Å². The summed E-state index contributed by atoms with van der Waals surface area (Å²) in [4.78, 5) is 14.3. The minimum atomic E-state index is 0.0154. The van der Waals surface area contributed by atoms with Crippen molar-refractivity contribution in [1.29, 1.82) is 0 Å². The molecule has 0 aliphatic heterocycles. The number of nitrogen functional groups attached to an aromatic ring is 1. The number of carbonyl (C=O) groups is 1. The van der Waals surface area contributed by atoms with Gasteiger partial charge in [0.1, 0.15) is 0 Å². The zero-order chi connectivity index (χ0) is 15.4. The third kappa shape index (κ3) is 4.71. The fraction of sp³-hybridized carbons (Fsp3) is 0.562. The Morgan fingerprint density at radius 3 is 2.67 bits per heavy atom. The van der Waals surface area contributed by atoms with E-state index in [1.54, 1.807) is 12.1 Å². The average molecular weight is 354 g/mol. The molecule has 1 amide bonds. The third-order valence-corrected chi connectivity index (χ3v) is 4.93. The number of nitrogens with two attached hydrogens (primary N) is 1. The zero-order valence-corrected chi connectivity index (χ0v) is 14.3. The van der Waals surface area contributed by atoms with Gasteiger partial charge in [-0.15, -0.1) is 0 Å². The highest BCUT2D eigenvalue weighted by Gasteiger charge is 2.23. The first-order valence-electron chi connectivity index (χ1n) is 7.51. The van der Waals surface area contributed by atoms with Gasteiger partial charge in [-0.2, -0.15) is 0 Å². The smallest absolute Gasteiger partial charge is 0.238 e. The molecule has 2 rings (SSSR count). The number of hydrogen-bond donors (Lipinski definition) is 2. The van der Waals surface area contributed by atoms with Crippen LogP contribution in [0, 0.1) is 5.92 Å². The molecule has 4 nitrogen and oxygen atoms in total. The molecule has 1 aromatic carbocycles. The Labute approximate surface area is 135 Å². The van der Waals surface area contributed by atoms with Crippen molar-refractivity contribution in [1.82, 2.24) is 4.90 Å². The van der Waals surface area contributed by atoms with E-state index in [-0.39, 0.29) is 5.91 Å². The molecule has 0 unspecified atom stereocenters. The minimum absolute atomic E-state index is 0.0154. The summed E-state index contributed by atoms with van der Waals surface area (Å²) in [5.41, 5.74) is 7.13. The van der Waals surface area contributed by atoms with Crippen molar-refractivity contribution in [3.8, 4) is 0 Å². The fourth-order valence-corrected chi connectivity index (χ4v) is 3.36. The van der Waals surface area contributed by atoms with Crippen LogP contribution in [0.25, 0.3) is 0 Å². The van der Waals surface area contributed by atoms with Crippen LogP contribution in [0.4, 0.5) is 11.4 Å². The van der Waals surface area contributed by atoms with Gasteiger partial charge in [0.2, 0.25) is 5.91 Å². The van der Waals surface area contributed by atoms with E-state index in [0.29, 0.717) is 18.3 Å². The molecule has 1 aliphatic carbocycles. The van der Waals surface area contributed by atoms with Crippen LogP contribution >= 0.6 is 15.9 Å². The Kier molecular flexibility index (Phi) is 5.65. The SMILES string of the molecule is CC1CCC(N(C)CC(=O)Nc2ccc(N)cc2Br)CC1. The summed E-state index contributed by atoms with van der Waals surface area (Å²) >= 11 is 3.42. The van der Waals surface area contributed by atoms with E-state index in [4.69, 9.17) is 5.73 Å². The van der Waals surface area contributed by atoms with Crippen molar-refractivity contribution in [2.75, 3.05) is 24.6 Å². The quantitative estimate of drug-likeness (QED) is 0.814. The van der Waals surface area contributed by atoms with Crippen molar-refractivity contribution in [3.05, 3.63) is 22.7 Å². The van der Waals surface area contributed by atoms with Gasteiger partial charge in [0.15, 0.2) is 0 Å². The minimum Gasteiger partial charge on any atom is -0.399 e. The second-order valence-corrected chi connectivity index (χ2v) is 6.97. The van der Waals surface area contributed by atoms with Crippen LogP contribution in [0.5, 0.6) is 0 Å². The van der Waals surface area contributed by atoms with E-state index in [2.05, 4.69) is 33.1 Å². The van der Waals surface area contributed by atoms with Gasteiger partial charge in [-0.05, 0) is 72.8 Å². The Morgan fingerprint density at radius 1 is 1.38 bits per heavy atom. The number of likely N-dealkylation sites (N-methyl/N-ethyl adjacent to an activating group) is 1. The number of benzene rings is 1. The second-order valence-electron chi connectivity index (χ2n) is 6.12. The number of carbonyl (C=O) groups excluding carboxylic acids is 1. The van der Waals surface area contributed by atoms with Gasteiger partial charge in [0, 0.05) is 16.2 Å². The standard InChI is InChI=1S/C16H24BrN3O/c1-11-3-6-13(7-4-11)20(2)10-16(21)19-15-8-5-12(18)9-14(15)17/h5,8-9,11,13H,3-4,6-7,10,18H2,1-2H3,(H,19,21). The van der Waals surface area contributed by atoms with Gasteiger partial charge in [-0.25, -0.2) is 0 Å². The summed E-state index contributed by atoms with van der Waals surface area (Å²) < 4.78 is 0.810. The van der Waals surface area contributed by atoms with E-state index in [1.165, 1.54) is 25.7 Å². The lowest BCUT2D eigenvalue weighted by atomic mass is 9.87. The maximum absolute atomic E-state index is 12.2. The number of nitrogens with one attached hydrogen (secondary N) is 1. The largest absolute Gasteiger partial charge is 0.399 e. The van der Waals surface area contributed by atoms with Crippen LogP contribution in [0.15, 0.2) is 22.7 Å². The number of anilines is 2. The predicted molar refractivity (Wildman–Crippen MR) is 91.2 cm³/mol. The lowest BCUT2D eigenvalue weighted by Gasteiger charge is -2.33. The van der Waals surface area contributed by atoms with Crippen LogP contribution in [0.3, 0.4) is 0 Å². The average Bonchev–Trinajstić information content (AvgIpc) is 2.42. The highest BCUT2D eigenvalue weighted by Crippen LogP contribution is 2.27. The molecule has 116 valence electrons. The summed E-state index contributed by atoms with van der Waals surface area (Å²) in [5, 5.41) is 2.93. The molecule has 21 heavy (non-hydrogen) atoms. The summed E-state index contributed by atoms with van der Waals surface area (Å²) in [6.07, 6.45) is 4.91. The van der Waals surface area contributed by atoms with E-state index in [1.807, 2.05) is 13.1 Å². The van der Waals surface area contributed by atoms with Crippen LogP contribution in [-0.2, 0) is 4.79 Å². The highest BCUT2D eigenvalue weighted by atomic mass is 79.9. The molecule has 1 aromatic rings. The fourth-order valence-electron chi connectivity index (χ4n) is 2.86. The summed E-state index contributed by atoms with van der Waals surface area (Å²) in [7, 11) is 2.04. The Morgan fingerprint density at radius 2 is 2.05 bits per heavy atom. The van der Waals surface area contributed by atoms with Gasteiger partial charge in [-0.1, -0.05) is 6.92 Å². The molecule has 0 radical (unpaired) electrons. The third-order valence-electron chi connectivity index (χ3n) is 4.27. The van der Waals surface area contributed by atoms with E-state index in [0.717, 1.165) is 16.1 Å². The molecule has 5 heteroatoms. The molecular weight excluding hydrogens is 330 g/mol. The normalized spacial score (nSPS) is 22.3. The van der Waals surface area contributed by atoms with Gasteiger partial charge >= 0.3 is 0 Å². The number of halogens is 1. The molecule has 3 N–H and O–H groups in total. The number of nitrogens with zero attached hydrogens (tertiary/aromatic N) is 1. The topological polar surface area (TPSA) is 58.4 Å². The summed E-state index contributed by atoms with van der Waals surface area (Å²) in [6.45, 7) is 2.73. The first-order chi connectivity index (χ1) is 9.95. The zero-order valence-electron chi connectivity index (χ0n) is 12.7. The first-order valence-corrected chi connectivity index (χ1v) is 8.30. The van der Waals surface area contributed by atoms with Crippen LogP contribution < -0.4 is 11.1 Å². The molecule has 0 bridgehead atoms. The second kappa shape index (κ2) is 7.27. The molecule has 0 spiro atoms. The van der Waals surface area contributed by atoms with Crippen LogP contribution in [0.2, 0.25) is 0 Å². The maximum Gasteiger partial charge on any atom is 0.238 e. The molecular formula is C16H24BrN3O.